The zero-order chi connectivity index (χ0) is 17.8. The van der Waals surface area contributed by atoms with Crippen LogP contribution in [-0.2, 0) is 13.1 Å². The molecule has 0 spiro atoms. The van der Waals surface area contributed by atoms with Crippen LogP contribution in [0.5, 0.6) is 0 Å². The van der Waals surface area contributed by atoms with Gasteiger partial charge < -0.3 is 14.8 Å². The second-order valence-corrected chi connectivity index (χ2v) is 7.03. The number of likely N-dealkylation sites (tertiary alicyclic amines) is 1. The van der Waals surface area contributed by atoms with Crippen LogP contribution in [0.2, 0.25) is 0 Å². The monoisotopic (exact) mass is 344 g/mol. The molecule has 0 bridgehead atoms. The average Bonchev–Trinajstić information content (AvgIpc) is 3.22. The first kappa shape index (κ1) is 17.5. The van der Waals surface area contributed by atoms with E-state index in [1.165, 1.54) is 12.1 Å². The number of amides is 2. The Morgan fingerprint density at radius 1 is 1.36 bits per heavy atom. The molecule has 1 aromatic carbocycles. The van der Waals surface area contributed by atoms with Crippen LogP contribution in [0.15, 0.2) is 36.7 Å². The summed E-state index contributed by atoms with van der Waals surface area (Å²) < 4.78 is 15.1. The summed E-state index contributed by atoms with van der Waals surface area (Å²) in [6, 6.07) is 6.51. The van der Waals surface area contributed by atoms with Gasteiger partial charge in [0.05, 0.1) is 6.54 Å². The van der Waals surface area contributed by atoms with Crippen LogP contribution in [0.4, 0.5) is 9.18 Å². The first-order chi connectivity index (χ1) is 12.0. The fourth-order valence-corrected chi connectivity index (χ4v) is 3.29. The zero-order valence-electron chi connectivity index (χ0n) is 14.8. The third-order valence-corrected chi connectivity index (χ3v) is 4.58. The van der Waals surface area contributed by atoms with Crippen molar-refractivity contribution in [2.75, 3.05) is 13.1 Å². The van der Waals surface area contributed by atoms with Gasteiger partial charge in [-0.25, -0.2) is 14.2 Å². The van der Waals surface area contributed by atoms with Gasteiger partial charge in [-0.2, -0.15) is 0 Å². The van der Waals surface area contributed by atoms with E-state index in [0.29, 0.717) is 25.6 Å². The molecule has 134 valence electrons. The van der Waals surface area contributed by atoms with Crippen molar-refractivity contribution in [1.82, 2.24) is 19.8 Å². The number of urea groups is 1. The number of nitrogens with one attached hydrogen (secondary N) is 1. The van der Waals surface area contributed by atoms with Crippen LogP contribution in [0.25, 0.3) is 0 Å². The lowest BCUT2D eigenvalue weighted by Crippen LogP contribution is -2.38. The van der Waals surface area contributed by atoms with Gasteiger partial charge in [0.25, 0.3) is 0 Å². The molecule has 1 N–H and O–H groups in total. The van der Waals surface area contributed by atoms with Gasteiger partial charge in [0.15, 0.2) is 0 Å². The molecule has 1 unspecified atom stereocenters. The highest BCUT2D eigenvalue weighted by atomic mass is 19.1. The normalized spacial score (nSPS) is 17.3. The van der Waals surface area contributed by atoms with Gasteiger partial charge >= 0.3 is 6.03 Å². The van der Waals surface area contributed by atoms with Gasteiger partial charge in [-0.05, 0) is 30.0 Å². The summed E-state index contributed by atoms with van der Waals surface area (Å²) in [5.41, 5.74) is 1.09. The summed E-state index contributed by atoms with van der Waals surface area (Å²) in [7, 11) is 0. The molecule has 0 radical (unpaired) electrons. The van der Waals surface area contributed by atoms with E-state index in [0.717, 1.165) is 24.4 Å². The maximum Gasteiger partial charge on any atom is 0.317 e. The zero-order valence-corrected chi connectivity index (χ0v) is 14.8. The van der Waals surface area contributed by atoms with Crippen molar-refractivity contribution in [3.8, 4) is 0 Å². The highest BCUT2D eigenvalue weighted by Crippen LogP contribution is 2.27. The molecule has 0 saturated carbocycles. The Balaban J connectivity index is 1.53. The van der Waals surface area contributed by atoms with Gasteiger partial charge in [0.1, 0.15) is 11.6 Å². The predicted octanol–water partition coefficient (Wildman–Crippen LogP) is 3.38. The number of hydrogen-bond donors (Lipinski definition) is 1. The van der Waals surface area contributed by atoms with Crippen molar-refractivity contribution < 1.29 is 9.18 Å². The standard InChI is InChI=1S/C19H25FN4O/c1-14(2)12-23-10-8-21-18(23)11-22-19(25)24-9-7-16(13-24)15-3-5-17(20)6-4-15/h3-6,8,10,14,16H,7,9,11-13H2,1-2H3,(H,22,25). The van der Waals surface area contributed by atoms with Gasteiger partial charge in [0.2, 0.25) is 0 Å². The van der Waals surface area contributed by atoms with Crippen molar-refractivity contribution in [3.63, 3.8) is 0 Å². The Morgan fingerprint density at radius 3 is 2.84 bits per heavy atom. The van der Waals surface area contributed by atoms with Crippen LogP contribution in [0, 0.1) is 11.7 Å². The van der Waals surface area contributed by atoms with E-state index < -0.39 is 0 Å². The Hall–Kier alpha value is -2.37. The maximum atomic E-state index is 13.0. The topological polar surface area (TPSA) is 50.2 Å². The Kier molecular flexibility index (Phi) is 5.36. The van der Waals surface area contributed by atoms with Crippen molar-refractivity contribution >= 4 is 6.03 Å². The number of rotatable bonds is 5. The molecule has 1 aromatic heterocycles. The fraction of sp³-hybridized carbons (Fsp3) is 0.474. The van der Waals surface area contributed by atoms with Gasteiger partial charge in [-0.15, -0.1) is 0 Å². The molecule has 2 amide bonds. The molecule has 1 aliphatic heterocycles. The first-order valence-corrected chi connectivity index (χ1v) is 8.81. The lowest BCUT2D eigenvalue weighted by Gasteiger charge is -2.18. The van der Waals surface area contributed by atoms with E-state index in [1.807, 2.05) is 23.2 Å². The Labute approximate surface area is 147 Å². The molecule has 0 aliphatic carbocycles. The predicted molar refractivity (Wildman–Crippen MR) is 94.6 cm³/mol. The molecule has 1 saturated heterocycles. The number of nitrogens with zero attached hydrogens (tertiary/aromatic N) is 3. The summed E-state index contributed by atoms with van der Waals surface area (Å²) in [5.74, 6) is 1.44. The molecule has 1 fully saturated rings. The first-order valence-electron chi connectivity index (χ1n) is 8.81. The van der Waals surface area contributed by atoms with E-state index >= 15 is 0 Å². The molecule has 1 aliphatic rings. The minimum absolute atomic E-state index is 0.0660. The van der Waals surface area contributed by atoms with E-state index in [9.17, 15) is 9.18 Å². The van der Waals surface area contributed by atoms with E-state index in [1.54, 1.807) is 6.20 Å². The number of imidazole rings is 1. The summed E-state index contributed by atoms with van der Waals surface area (Å²) in [6.07, 6.45) is 4.62. The summed E-state index contributed by atoms with van der Waals surface area (Å²) in [4.78, 5) is 18.6. The summed E-state index contributed by atoms with van der Waals surface area (Å²) in [6.45, 7) is 7.01. The number of carbonyl (C=O) groups is 1. The number of carbonyl (C=O) groups excluding carboxylic acids is 1. The minimum atomic E-state index is -0.228. The van der Waals surface area contributed by atoms with Crippen LogP contribution < -0.4 is 5.32 Å². The average molecular weight is 344 g/mol. The van der Waals surface area contributed by atoms with Crippen molar-refractivity contribution in [2.24, 2.45) is 5.92 Å². The van der Waals surface area contributed by atoms with E-state index in [2.05, 4.69) is 28.7 Å². The van der Waals surface area contributed by atoms with Crippen LogP contribution in [-0.4, -0.2) is 33.6 Å². The number of benzene rings is 1. The van der Waals surface area contributed by atoms with Crippen molar-refractivity contribution in [2.45, 2.75) is 39.3 Å². The number of halogens is 1. The SMILES string of the molecule is CC(C)Cn1ccnc1CNC(=O)N1CCC(c2ccc(F)cc2)C1. The third-order valence-electron chi connectivity index (χ3n) is 4.58. The Bertz CT molecular complexity index is 710. The van der Waals surface area contributed by atoms with Crippen molar-refractivity contribution in [3.05, 3.63) is 53.9 Å². The molecular weight excluding hydrogens is 319 g/mol. The molecule has 5 nitrogen and oxygen atoms in total. The van der Waals surface area contributed by atoms with Crippen LogP contribution in [0.3, 0.4) is 0 Å². The van der Waals surface area contributed by atoms with Crippen LogP contribution >= 0.6 is 0 Å². The lowest BCUT2D eigenvalue weighted by atomic mass is 9.99. The van der Waals surface area contributed by atoms with Crippen molar-refractivity contribution in [1.29, 1.82) is 0 Å². The van der Waals surface area contributed by atoms with Gasteiger partial charge in [-0.1, -0.05) is 26.0 Å². The quantitative estimate of drug-likeness (QED) is 0.904. The summed E-state index contributed by atoms with van der Waals surface area (Å²) >= 11 is 0. The highest BCUT2D eigenvalue weighted by Gasteiger charge is 2.27. The smallest absolute Gasteiger partial charge is 0.317 e. The molecule has 1 atom stereocenters. The Morgan fingerprint density at radius 2 is 2.12 bits per heavy atom. The molecule has 3 rings (SSSR count). The molecule has 2 heterocycles. The fourth-order valence-electron chi connectivity index (χ4n) is 3.29. The largest absolute Gasteiger partial charge is 0.333 e. The van der Waals surface area contributed by atoms with E-state index in [-0.39, 0.29) is 17.8 Å². The van der Waals surface area contributed by atoms with Crippen LogP contribution in [0.1, 0.15) is 37.6 Å². The molecular formula is C19H25FN4O. The molecule has 2 aromatic rings. The third kappa shape index (κ3) is 4.38. The number of hydrogen-bond acceptors (Lipinski definition) is 2. The minimum Gasteiger partial charge on any atom is -0.333 e. The lowest BCUT2D eigenvalue weighted by molar-refractivity contribution is 0.207. The molecule has 6 heteroatoms. The van der Waals surface area contributed by atoms with E-state index in [4.69, 9.17) is 0 Å². The maximum absolute atomic E-state index is 13.0. The second kappa shape index (κ2) is 7.68. The van der Waals surface area contributed by atoms with Gasteiger partial charge in [0, 0.05) is 37.9 Å². The second-order valence-electron chi connectivity index (χ2n) is 7.03. The highest BCUT2D eigenvalue weighted by molar-refractivity contribution is 5.74. The van der Waals surface area contributed by atoms with Gasteiger partial charge in [-0.3, -0.25) is 0 Å². The number of aromatic nitrogens is 2. The summed E-state index contributed by atoms with van der Waals surface area (Å²) in [5, 5.41) is 2.97. The molecule has 25 heavy (non-hydrogen) atoms.